The van der Waals surface area contributed by atoms with Gasteiger partial charge in [0.25, 0.3) is 0 Å². The molecule has 3 rings (SSSR count). The zero-order valence-corrected chi connectivity index (χ0v) is 9.39. The third-order valence-corrected chi connectivity index (χ3v) is 3.48. The fourth-order valence-electron chi connectivity index (χ4n) is 2.62. The monoisotopic (exact) mass is 222 g/mol. The van der Waals surface area contributed by atoms with Crippen molar-refractivity contribution < 1.29 is 5.11 Å². The van der Waals surface area contributed by atoms with E-state index in [1.54, 1.807) is 4.68 Å². The van der Waals surface area contributed by atoms with Crippen molar-refractivity contribution in [1.29, 1.82) is 0 Å². The Balaban J connectivity index is 1.75. The molecule has 2 atom stereocenters. The second kappa shape index (κ2) is 4.14. The Bertz CT molecular complexity index is 370. The van der Waals surface area contributed by atoms with Crippen molar-refractivity contribution >= 4 is 0 Å². The maximum absolute atomic E-state index is 9.78. The summed E-state index contributed by atoms with van der Waals surface area (Å²) in [7, 11) is 0. The summed E-state index contributed by atoms with van der Waals surface area (Å²) < 4.78 is 1.70. The van der Waals surface area contributed by atoms with Crippen molar-refractivity contribution in [2.24, 2.45) is 0 Å². The number of aryl methyl sites for hydroxylation is 1. The third-order valence-electron chi connectivity index (χ3n) is 3.48. The highest BCUT2D eigenvalue weighted by molar-refractivity contribution is 4.99. The molecule has 2 N–H and O–H groups in total. The molecule has 0 bridgehead atoms. The Morgan fingerprint density at radius 2 is 2.31 bits per heavy atom. The van der Waals surface area contributed by atoms with E-state index in [0.29, 0.717) is 6.04 Å². The lowest BCUT2D eigenvalue weighted by Gasteiger charge is -2.17. The largest absolute Gasteiger partial charge is 0.372 e. The second-order valence-corrected chi connectivity index (χ2v) is 4.76. The highest BCUT2D eigenvalue weighted by Gasteiger charge is 2.23. The SMILES string of the molecule is OC1CCCc2nc(CC3CCCN3)nn21. The van der Waals surface area contributed by atoms with Crippen LogP contribution >= 0.6 is 0 Å². The Hall–Kier alpha value is -0.940. The van der Waals surface area contributed by atoms with Gasteiger partial charge in [0, 0.05) is 18.9 Å². The molecule has 1 aromatic heterocycles. The molecule has 1 saturated heterocycles. The van der Waals surface area contributed by atoms with Crippen LogP contribution in [0.2, 0.25) is 0 Å². The van der Waals surface area contributed by atoms with Gasteiger partial charge in [-0.2, -0.15) is 5.10 Å². The van der Waals surface area contributed by atoms with Crippen LogP contribution in [-0.2, 0) is 12.8 Å². The van der Waals surface area contributed by atoms with Crippen LogP contribution < -0.4 is 5.32 Å². The molecule has 1 aromatic rings. The van der Waals surface area contributed by atoms with Gasteiger partial charge in [-0.3, -0.25) is 0 Å². The molecule has 2 unspecified atom stereocenters. The topological polar surface area (TPSA) is 63.0 Å². The number of aliphatic hydroxyl groups excluding tert-OH is 1. The van der Waals surface area contributed by atoms with E-state index in [9.17, 15) is 5.11 Å². The first kappa shape index (κ1) is 10.2. The van der Waals surface area contributed by atoms with Crippen molar-refractivity contribution in [2.45, 2.75) is 50.8 Å². The number of fused-ring (bicyclic) bond motifs is 1. The van der Waals surface area contributed by atoms with Crippen LogP contribution in [0.15, 0.2) is 0 Å². The summed E-state index contributed by atoms with van der Waals surface area (Å²) in [6.45, 7) is 1.11. The predicted octanol–water partition coefficient (Wildman–Crippen LogP) is 0.400. The van der Waals surface area contributed by atoms with E-state index in [0.717, 1.165) is 43.9 Å². The number of nitrogens with one attached hydrogen (secondary N) is 1. The van der Waals surface area contributed by atoms with Crippen LogP contribution in [0.5, 0.6) is 0 Å². The molecular weight excluding hydrogens is 204 g/mol. The molecule has 16 heavy (non-hydrogen) atoms. The summed E-state index contributed by atoms with van der Waals surface area (Å²) >= 11 is 0. The molecule has 0 aliphatic carbocycles. The fourth-order valence-corrected chi connectivity index (χ4v) is 2.62. The molecule has 0 aromatic carbocycles. The zero-order valence-electron chi connectivity index (χ0n) is 9.39. The van der Waals surface area contributed by atoms with Crippen molar-refractivity contribution in [3.63, 3.8) is 0 Å². The Morgan fingerprint density at radius 3 is 3.06 bits per heavy atom. The summed E-state index contributed by atoms with van der Waals surface area (Å²) in [4.78, 5) is 4.52. The average Bonchev–Trinajstić information content (AvgIpc) is 2.88. The number of hydrogen-bond acceptors (Lipinski definition) is 4. The van der Waals surface area contributed by atoms with Crippen LogP contribution in [0, 0.1) is 0 Å². The van der Waals surface area contributed by atoms with Crippen LogP contribution in [0.1, 0.15) is 43.6 Å². The Morgan fingerprint density at radius 1 is 1.38 bits per heavy atom. The zero-order chi connectivity index (χ0) is 11.0. The summed E-state index contributed by atoms with van der Waals surface area (Å²) in [6, 6.07) is 0.529. The van der Waals surface area contributed by atoms with E-state index in [4.69, 9.17) is 0 Å². The number of aliphatic hydroxyl groups is 1. The van der Waals surface area contributed by atoms with Gasteiger partial charge >= 0.3 is 0 Å². The third kappa shape index (κ3) is 1.85. The molecule has 2 aliphatic heterocycles. The Labute approximate surface area is 94.9 Å². The molecule has 0 radical (unpaired) electrons. The highest BCUT2D eigenvalue weighted by Crippen LogP contribution is 2.21. The lowest BCUT2D eigenvalue weighted by molar-refractivity contribution is 0.0643. The average molecular weight is 222 g/mol. The maximum Gasteiger partial charge on any atom is 0.152 e. The summed E-state index contributed by atoms with van der Waals surface area (Å²) in [5.74, 6) is 1.84. The van der Waals surface area contributed by atoms with E-state index >= 15 is 0 Å². The molecular formula is C11H18N4O. The van der Waals surface area contributed by atoms with Crippen LogP contribution in [-0.4, -0.2) is 32.5 Å². The van der Waals surface area contributed by atoms with Crippen LogP contribution in [0.25, 0.3) is 0 Å². The minimum absolute atomic E-state index is 0.457. The first-order chi connectivity index (χ1) is 7.83. The van der Waals surface area contributed by atoms with E-state index in [-0.39, 0.29) is 0 Å². The molecule has 0 spiro atoms. The van der Waals surface area contributed by atoms with Crippen molar-refractivity contribution in [3.05, 3.63) is 11.6 Å². The van der Waals surface area contributed by atoms with Gasteiger partial charge in [0.05, 0.1) is 0 Å². The fraction of sp³-hybridized carbons (Fsp3) is 0.818. The lowest BCUT2D eigenvalue weighted by atomic mass is 10.1. The molecule has 1 fully saturated rings. The number of rotatable bonds is 2. The van der Waals surface area contributed by atoms with E-state index < -0.39 is 6.23 Å². The molecule has 5 nitrogen and oxygen atoms in total. The normalized spacial score (nSPS) is 29.3. The van der Waals surface area contributed by atoms with Crippen LogP contribution in [0.3, 0.4) is 0 Å². The van der Waals surface area contributed by atoms with Crippen molar-refractivity contribution in [1.82, 2.24) is 20.1 Å². The number of hydrogen-bond donors (Lipinski definition) is 2. The molecule has 0 saturated carbocycles. The van der Waals surface area contributed by atoms with Crippen LogP contribution in [0.4, 0.5) is 0 Å². The number of nitrogens with zero attached hydrogens (tertiary/aromatic N) is 3. The molecule has 88 valence electrons. The van der Waals surface area contributed by atoms with Gasteiger partial charge in [-0.25, -0.2) is 9.67 Å². The van der Waals surface area contributed by atoms with Gasteiger partial charge < -0.3 is 10.4 Å². The van der Waals surface area contributed by atoms with Crippen molar-refractivity contribution in [2.75, 3.05) is 6.54 Å². The van der Waals surface area contributed by atoms with Gasteiger partial charge in [0.2, 0.25) is 0 Å². The van der Waals surface area contributed by atoms with Gasteiger partial charge in [-0.05, 0) is 32.2 Å². The smallest absolute Gasteiger partial charge is 0.152 e. The minimum Gasteiger partial charge on any atom is -0.372 e. The van der Waals surface area contributed by atoms with Gasteiger partial charge in [0.1, 0.15) is 12.1 Å². The molecule has 3 heterocycles. The lowest BCUT2D eigenvalue weighted by Crippen LogP contribution is -2.24. The summed E-state index contributed by atoms with van der Waals surface area (Å²) in [6.07, 6.45) is 5.67. The minimum atomic E-state index is -0.457. The van der Waals surface area contributed by atoms with E-state index in [1.807, 2.05) is 0 Å². The second-order valence-electron chi connectivity index (χ2n) is 4.76. The van der Waals surface area contributed by atoms with Gasteiger partial charge in [0.15, 0.2) is 5.82 Å². The molecule has 0 amide bonds. The quantitative estimate of drug-likeness (QED) is 0.760. The summed E-state index contributed by atoms with van der Waals surface area (Å²) in [5, 5.41) is 17.6. The highest BCUT2D eigenvalue weighted by atomic mass is 16.3. The standard InChI is InChI=1S/C11H18N4O/c16-11-5-1-4-10-13-9(14-15(10)11)7-8-3-2-6-12-8/h8,11-12,16H,1-7H2. The van der Waals surface area contributed by atoms with E-state index in [1.165, 1.54) is 12.8 Å². The van der Waals surface area contributed by atoms with E-state index in [2.05, 4.69) is 15.4 Å². The first-order valence-corrected chi connectivity index (χ1v) is 6.18. The molecule has 5 heteroatoms. The molecule has 2 aliphatic rings. The first-order valence-electron chi connectivity index (χ1n) is 6.18. The summed E-state index contributed by atoms with van der Waals surface area (Å²) in [5.41, 5.74) is 0. The Kier molecular flexibility index (Phi) is 2.65. The maximum atomic E-state index is 9.78. The van der Waals surface area contributed by atoms with Crippen molar-refractivity contribution in [3.8, 4) is 0 Å². The number of aromatic nitrogens is 3. The van der Waals surface area contributed by atoms with Gasteiger partial charge in [-0.15, -0.1) is 0 Å². The predicted molar refractivity (Wildman–Crippen MR) is 58.9 cm³/mol. The van der Waals surface area contributed by atoms with Gasteiger partial charge in [-0.1, -0.05) is 0 Å².